The molecule has 0 aliphatic rings. The van der Waals surface area contributed by atoms with Crippen LogP contribution < -0.4 is 0 Å². The molecule has 2 aromatic rings. The van der Waals surface area contributed by atoms with Crippen LogP contribution in [0.25, 0.3) is 11.1 Å². The van der Waals surface area contributed by atoms with Crippen molar-refractivity contribution < 1.29 is 0 Å². The van der Waals surface area contributed by atoms with Crippen LogP contribution in [0.5, 0.6) is 0 Å². The summed E-state index contributed by atoms with van der Waals surface area (Å²) in [5.74, 6) is 0. The summed E-state index contributed by atoms with van der Waals surface area (Å²) in [5.41, 5.74) is 3.27. The lowest BCUT2D eigenvalue weighted by Crippen LogP contribution is -1.86. The maximum absolute atomic E-state index is 5.93. The Morgan fingerprint density at radius 3 is 2.71 bits per heavy atom. The molecule has 72 valence electrons. The Hall–Kier alpha value is -1.28. The second-order valence-corrected chi connectivity index (χ2v) is 3.75. The van der Waals surface area contributed by atoms with E-state index in [4.69, 9.17) is 11.6 Å². The van der Waals surface area contributed by atoms with E-state index in [1.807, 2.05) is 49.1 Å². The number of rotatable bonds is 1. The average molecular weight is 207 g/mol. The zero-order valence-corrected chi connectivity index (χ0v) is 8.92. The van der Waals surface area contributed by atoms with E-state index in [1.54, 1.807) is 0 Å². The molecular formula is C11H11ClN2. The first-order valence-electron chi connectivity index (χ1n) is 4.43. The van der Waals surface area contributed by atoms with E-state index in [9.17, 15) is 0 Å². The fraction of sp³-hybridized carbons (Fsp3) is 0.182. The SMILES string of the molecule is Cc1nn(C)cc1-c1cccc(Cl)c1. The number of aromatic nitrogens is 2. The van der Waals surface area contributed by atoms with Gasteiger partial charge in [0.15, 0.2) is 0 Å². The van der Waals surface area contributed by atoms with Crippen molar-refractivity contribution in [3.05, 3.63) is 41.2 Å². The fourth-order valence-corrected chi connectivity index (χ4v) is 1.73. The van der Waals surface area contributed by atoms with Gasteiger partial charge >= 0.3 is 0 Å². The summed E-state index contributed by atoms with van der Waals surface area (Å²) in [6, 6.07) is 7.81. The summed E-state index contributed by atoms with van der Waals surface area (Å²) in [5, 5.41) is 5.05. The number of halogens is 1. The van der Waals surface area contributed by atoms with Gasteiger partial charge in [-0.1, -0.05) is 23.7 Å². The molecule has 2 nitrogen and oxygen atoms in total. The lowest BCUT2D eigenvalue weighted by Gasteiger charge is -1.98. The Labute approximate surface area is 88.1 Å². The molecule has 0 saturated carbocycles. The quantitative estimate of drug-likeness (QED) is 0.701. The zero-order valence-electron chi connectivity index (χ0n) is 8.16. The Morgan fingerprint density at radius 1 is 1.36 bits per heavy atom. The third-order valence-electron chi connectivity index (χ3n) is 2.15. The third-order valence-corrected chi connectivity index (χ3v) is 2.38. The van der Waals surface area contributed by atoms with Gasteiger partial charge in [0, 0.05) is 23.8 Å². The van der Waals surface area contributed by atoms with Crippen LogP contribution in [0.3, 0.4) is 0 Å². The molecule has 0 saturated heterocycles. The van der Waals surface area contributed by atoms with Gasteiger partial charge in [-0.25, -0.2) is 0 Å². The number of hydrogen-bond acceptors (Lipinski definition) is 1. The highest BCUT2D eigenvalue weighted by atomic mass is 35.5. The van der Waals surface area contributed by atoms with E-state index in [2.05, 4.69) is 5.10 Å². The highest BCUT2D eigenvalue weighted by molar-refractivity contribution is 6.30. The van der Waals surface area contributed by atoms with E-state index in [1.165, 1.54) is 0 Å². The molecule has 0 radical (unpaired) electrons. The van der Waals surface area contributed by atoms with Crippen LogP contribution in [-0.2, 0) is 7.05 Å². The minimum atomic E-state index is 0.755. The maximum Gasteiger partial charge on any atom is 0.0671 e. The second kappa shape index (κ2) is 3.46. The summed E-state index contributed by atoms with van der Waals surface area (Å²) in [4.78, 5) is 0. The molecule has 0 atom stereocenters. The van der Waals surface area contributed by atoms with Crippen LogP contribution in [0.1, 0.15) is 5.69 Å². The second-order valence-electron chi connectivity index (χ2n) is 3.31. The third kappa shape index (κ3) is 1.66. The van der Waals surface area contributed by atoms with Crippen molar-refractivity contribution >= 4 is 11.6 Å². The molecule has 1 aromatic heterocycles. The van der Waals surface area contributed by atoms with Crippen molar-refractivity contribution in [3.63, 3.8) is 0 Å². The molecule has 0 N–H and O–H groups in total. The van der Waals surface area contributed by atoms with Crippen molar-refractivity contribution in [2.75, 3.05) is 0 Å². The largest absolute Gasteiger partial charge is 0.275 e. The fourth-order valence-electron chi connectivity index (χ4n) is 1.54. The van der Waals surface area contributed by atoms with Gasteiger partial charge in [-0.3, -0.25) is 4.68 Å². The van der Waals surface area contributed by atoms with Gasteiger partial charge in [0.2, 0.25) is 0 Å². The molecule has 1 aromatic carbocycles. The van der Waals surface area contributed by atoms with Gasteiger partial charge in [0.25, 0.3) is 0 Å². The molecule has 1 heterocycles. The highest BCUT2D eigenvalue weighted by Gasteiger charge is 2.05. The van der Waals surface area contributed by atoms with Gasteiger partial charge in [0.05, 0.1) is 5.69 Å². The summed E-state index contributed by atoms with van der Waals surface area (Å²) in [6.45, 7) is 2.00. The molecule has 0 aliphatic carbocycles. The molecule has 3 heteroatoms. The molecule has 0 unspecified atom stereocenters. The smallest absolute Gasteiger partial charge is 0.0671 e. The Kier molecular flexibility index (Phi) is 2.30. The van der Waals surface area contributed by atoms with Gasteiger partial charge in [-0.2, -0.15) is 5.10 Å². The lowest BCUT2D eigenvalue weighted by atomic mass is 10.1. The topological polar surface area (TPSA) is 17.8 Å². The lowest BCUT2D eigenvalue weighted by molar-refractivity contribution is 0.756. The average Bonchev–Trinajstić information content (AvgIpc) is 2.45. The summed E-state index contributed by atoms with van der Waals surface area (Å²) in [6.07, 6.45) is 2.00. The highest BCUT2D eigenvalue weighted by Crippen LogP contribution is 2.24. The number of hydrogen-bond donors (Lipinski definition) is 0. The molecule has 0 fully saturated rings. The van der Waals surface area contributed by atoms with Crippen molar-refractivity contribution in [2.45, 2.75) is 6.92 Å². The predicted octanol–water partition coefficient (Wildman–Crippen LogP) is 3.05. The Balaban J connectivity index is 2.54. The van der Waals surface area contributed by atoms with Crippen molar-refractivity contribution in [2.24, 2.45) is 7.05 Å². The first-order chi connectivity index (χ1) is 6.66. The van der Waals surface area contributed by atoms with Crippen molar-refractivity contribution in [1.29, 1.82) is 0 Å². The molecule has 0 bridgehead atoms. The summed E-state index contributed by atoms with van der Waals surface area (Å²) in [7, 11) is 1.92. The van der Waals surface area contributed by atoms with Crippen LogP contribution in [0.4, 0.5) is 0 Å². The molecule has 0 aliphatic heterocycles. The van der Waals surface area contributed by atoms with Crippen LogP contribution in [0, 0.1) is 6.92 Å². The first-order valence-corrected chi connectivity index (χ1v) is 4.81. The molecule has 0 spiro atoms. The van der Waals surface area contributed by atoms with Crippen LogP contribution in [-0.4, -0.2) is 9.78 Å². The number of aryl methyl sites for hydroxylation is 2. The van der Waals surface area contributed by atoms with Gasteiger partial charge in [-0.15, -0.1) is 0 Å². The monoisotopic (exact) mass is 206 g/mol. The van der Waals surface area contributed by atoms with Crippen molar-refractivity contribution in [1.82, 2.24) is 9.78 Å². The normalized spacial score (nSPS) is 10.5. The van der Waals surface area contributed by atoms with Crippen LogP contribution in [0.2, 0.25) is 5.02 Å². The van der Waals surface area contributed by atoms with E-state index < -0.39 is 0 Å². The molecular weight excluding hydrogens is 196 g/mol. The summed E-state index contributed by atoms with van der Waals surface area (Å²) >= 11 is 5.93. The van der Waals surface area contributed by atoms with E-state index in [0.29, 0.717) is 0 Å². The molecule has 2 rings (SSSR count). The molecule has 14 heavy (non-hydrogen) atoms. The van der Waals surface area contributed by atoms with E-state index in [0.717, 1.165) is 21.8 Å². The van der Waals surface area contributed by atoms with Gasteiger partial charge in [0.1, 0.15) is 0 Å². The minimum absolute atomic E-state index is 0.755. The summed E-state index contributed by atoms with van der Waals surface area (Å²) < 4.78 is 1.81. The molecule has 0 amide bonds. The van der Waals surface area contributed by atoms with E-state index >= 15 is 0 Å². The van der Waals surface area contributed by atoms with E-state index in [-0.39, 0.29) is 0 Å². The maximum atomic E-state index is 5.93. The van der Waals surface area contributed by atoms with Crippen molar-refractivity contribution in [3.8, 4) is 11.1 Å². The predicted molar refractivity (Wildman–Crippen MR) is 58.4 cm³/mol. The standard InChI is InChI=1S/C11H11ClN2/c1-8-11(7-14(2)13-8)9-4-3-5-10(12)6-9/h3-7H,1-2H3. The number of nitrogens with zero attached hydrogens (tertiary/aromatic N) is 2. The zero-order chi connectivity index (χ0) is 10.1. The van der Waals surface area contributed by atoms with Gasteiger partial charge < -0.3 is 0 Å². The first kappa shape index (κ1) is 9.28. The van der Waals surface area contributed by atoms with Gasteiger partial charge in [-0.05, 0) is 24.6 Å². The number of benzene rings is 1. The Bertz CT molecular complexity index is 460. The van der Waals surface area contributed by atoms with Crippen LogP contribution >= 0.6 is 11.6 Å². The van der Waals surface area contributed by atoms with Crippen LogP contribution in [0.15, 0.2) is 30.5 Å². The minimum Gasteiger partial charge on any atom is -0.275 e. The Morgan fingerprint density at radius 2 is 2.14 bits per heavy atom.